The monoisotopic (exact) mass is 225 g/mol. The van der Waals surface area contributed by atoms with E-state index in [1.54, 1.807) is 20.1 Å². The van der Waals surface area contributed by atoms with Crippen molar-refractivity contribution in [3.8, 4) is 5.75 Å². The third-order valence-corrected chi connectivity index (χ3v) is 3.09. The zero-order valence-electron chi connectivity index (χ0n) is 10.4. The minimum Gasteiger partial charge on any atom is -0.496 e. The third kappa shape index (κ3) is 2.35. The average molecular weight is 225 g/mol. The largest absolute Gasteiger partial charge is 0.496 e. The van der Waals surface area contributed by atoms with Crippen molar-refractivity contribution >= 4 is 0 Å². The fraction of sp³-hybridized carbons (Fsp3) is 0.538. The molecule has 0 spiro atoms. The van der Waals surface area contributed by atoms with Crippen molar-refractivity contribution in [1.29, 1.82) is 0 Å². The summed E-state index contributed by atoms with van der Waals surface area (Å²) in [7, 11) is 1.58. The van der Waals surface area contributed by atoms with Gasteiger partial charge in [-0.3, -0.25) is 0 Å². The quantitative estimate of drug-likeness (QED) is 0.855. The second-order valence-corrected chi connectivity index (χ2v) is 4.21. The third-order valence-electron chi connectivity index (χ3n) is 3.09. The molecule has 0 aromatic heterocycles. The maximum atomic E-state index is 13.7. The molecular weight excluding hydrogens is 205 g/mol. The Bertz CT molecular complexity index is 377. The van der Waals surface area contributed by atoms with Crippen LogP contribution in [0.2, 0.25) is 0 Å². The minimum atomic E-state index is -0.207. The van der Waals surface area contributed by atoms with Gasteiger partial charge in [-0.25, -0.2) is 4.39 Å². The molecule has 90 valence electrons. The Hall–Kier alpha value is -1.09. The first-order valence-corrected chi connectivity index (χ1v) is 5.56. The maximum Gasteiger partial charge on any atom is 0.130 e. The fourth-order valence-electron chi connectivity index (χ4n) is 2.10. The highest BCUT2D eigenvalue weighted by atomic mass is 19.1. The van der Waals surface area contributed by atoms with E-state index in [0.29, 0.717) is 17.9 Å². The number of benzene rings is 1. The van der Waals surface area contributed by atoms with Crippen molar-refractivity contribution in [2.24, 2.45) is 5.73 Å². The van der Waals surface area contributed by atoms with Gasteiger partial charge in [-0.2, -0.15) is 0 Å². The van der Waals surface area contributed by atoms with Gasteiger partial charge in [-0.15, -0.1) is 0 Å². The predicted octanol–water partition coefficient (Wildman–Crippen LogP) is 2.90. The molecule has 2 N–H and O–H groups in total. The highest BCUT2D eigenvalue weighted by molar-refractivity contribution is 5.47. The lowest BCUT2D eigenvalue weighted by atomic mass is 9.91. The van der Waals surface area contributed by atoms with Crippen LogP contribution in [0.5, 0.6) is 5.75 Å². The summed E-state index contributed by atoms with van der Waals surface area (Å²) in [6.07, 6.45) is 0.854. The lowest BCUT2D eigenvalue weighted by Crippen LogP contribution is -2.08. The number of methoxy groups -OCH3 is 1. The number of ether oxygens (including phenoxy) is 1. The fourth-order valence-corrected chi connectivity index (χ4v) is 2.10. The molecule has 0 aliphatic rings. The number of hydrogen-bond donors (Lipinski definition) is 1. The molecule has 1 atom stereocenters. The summed E-state index contributed by atoms with van der Waals surface area (Å²) in [5.74, 6) is 0.703. The second-order valence-electron chi connectivity index (χ2n) is 4.21. The van der Waals surface area contributed by atoms with Gasteiger partial charge in [0.25, 0.3) is 0 Å². The molecule has 0 bridgehead atoms. The molecule has 1 aromatic rings. The van der Waals surface area contributed by atoms with E-state index in [4.69, 9.17) is 10.5 Å². The summed E-state index contributed by atoms with van der Waals surface area (Å²) in [4.78, 5) is 0. The van der Waals surface area contributed by atoms with E-state index in [-0.39, 0.29) is 11.7 Å². The highest BCUT2D eigenvalue weighted by Gasteiger charge is 2.16. The van der Waals surface area contributed by atoms with E-state index in [1.165, 1.54) is 0 Å². The molecule has 0 radical (unpaired) electrons. The van der Waals surface area contributed by atoms with Crippen LogP contribution in [-0.2, 0) is 0 Å². The van der Waals surface area contributed by atoms with Crippen LogP contribution in [0.1, 0.15) is 36.0 Å². The Kier molecular flexibility index (Phi) is 4.30. The van der Waals surface area contributed by atoms with Crippen LogP contribution in [-0.4, -0.2) is 13.7 Å². The van der Waals surface area contributed by atoms with E-state index in [2.05, 4.69) is 6.92 Å². The Morgan fingerprint density at radius 2 is 2.00 bits per heavy atom. The smallest absolute Gasteiger partial charge is 0.130 e. The predicted molar refractivity (Wildman–Crippen MR) is 64.5 cm³/mol. The lowest BCUT2D eigenvalue weighted by molar-refractivity contribution is 0.402. The Labute approximate surface area is 96.6 Å². The molecule has 1 rings (SSSR count). The van der Waals surface area contributed by atoms with E-state index in [9.17, 15) is 4.39 Å². The van der Waals surface area contributed by atoms with Crippen molar-refractivity contribution in [1.82, 2.24) is 0 Å². The molecule has 1 unspecified atom stereocenters. The standard InChI is InChI=1S/C13H20FNO/c1-8(5-6-15)11-7-12(14)10(3)13(16-4)9(11)2/h7-8H,5-6,15H2,1-4H3. The van der Waals surface area contributed by atoms with Crippen LogP contribution in [0.4, 0.5) is 4.39 Å². The van der Waals surface area contributed by atoms with Gasteiger partial charge >= 0.3 is 0 Å². The summed E-state index contributed by atoms with van der Waals surface area (Å²) in [6.45, 7) is 6.37. The Balaban J connectivity index is 3.25. The van der Waals surface area contributed by atoms with Gasteiger partial charge in [-0.05, 0) is 49.9 Å². The summed E-state index contributed by atoms with van der Waals surface area (Å²) < 4.78 is 19.0. The van der Waals surface area contributed by atoms with E-state index < -0.39 is 0 Å². The van der Waals surface area contributed by atoms with Crippen molar-refractivity contribution < 1.29 is 9.13 Å². The lowest BCUT2D eigenvalue weighted by Gasteiger charge is -2.18. The SMILES string of the molecule is COc1c(C)c(F)cc(C(C)CCN)c1C. The maximum absolute atomic E-state index is 13.7. The zero-order chi connectivity index (χ0) is 12.3. The molecule has 0 amide bonds. The van der Waals surface area contributed by atoms with Gasteiger partial charge in [0.2, 0.25) is 0 Å². The van der Waals surface area contributed by atoms with Gasteiger partial charge in [0.15, 0.2) is 0 Å². The molecule has 0 heterocycles. The molecule has 0 aliphatic carbocycles. The van der Waals surface area contributed by atoms with E-state index in [0.717, 1.165) is 17.5 Å². The summed E-state index contributed by atoms with van der Waals surface area (Å²) in [5.41, 5.74) is 8.11. The van der Waals surface area contributed by atoms with Gasteiger partial charge in [-0.1, -0.05) is 6.92 Å². The molecule has 0 saturated carbocycles. The molecular formula is C13H20FNO. The van der Waals surface area contributed by atoms with Crippen molar-refractivity contribution in [2.45, 2.75) is 33.1 Å². The molecule has 3 heteroatoms. The van der Waals surface area contributed by atoms with Crippen molar-refractivity contribution in [3.05, 3.63) is 28.6 Å². The number of hydrogen-bond acceptors (Lipinski definition) is 2. The number of rotatable bonds is 4. The first kappa shape index (κ1) is 13.0. The Morgan fingerprint density at radius 1 is 1.38 bits per heavy atom. The van der Waals surface area contributed by atoms with Crippen LogP contribution in [0.25, 0.3) is 0 Å². The average Bonchev–Trinajstić information content (AvgIpc) is 2.24. The summed E-state index contributed by atoms with van der Waals surface area (Å²) in [6, 6.07) is 1.60. The van der Waals surface area contributed by atoms with Gasteiger partial charge in [0.05, 0.1) is 7.11 Å². The van der Waals surface area contributed by atoms with E-state index >= 15 is 0 Å². The van der Waals surface area contributed by atoms with Gasteiger partial charge in [0, 0.05) is 5.56 Å². The van der Waals surface area contributed by atoms with Gasteiger partial charge < -0.3 is 10.5 Å². The number of nitrogens with two attached hydrogens (primary N) is 1. The van der Waals surface area contributed by atoms with Crippen LogP contribution in [0.15, 0.2) is 6.07 Å². The molecule has 16 heavy (non-hydrogen) atoms. The Morgan fingerprint density at radius 3 is 2.50 bits per heavy atom. The van der Waals surface area contributed by atoms with Crippen LogP contribution in [0, 0.1) is 19.7 Å². The summed E-state index contributed by atoms with van der Waals surface area (Å²) >= 11 is 0. The van der Waals surface area contributed by atoms with Gasteiger partial charge in [0.1, 0.15) is 11.6 Å². The molecule has 0 aliphatic heterocycles. The minimum absolute atomic E-state index is 0.207. The normalized spacial score (nSPS) is 12.6. The highest BCUT2D eigenvalue weighted by Crippen LogP contribution is 2.33. The number of halogens is 1. The summed E-state index contributed by atoms with van der Waals surface area (Å²) in [5, 5.41) is 0. The zero-order valence-corrected chi connectivity index (χ0v) is 10.4. The first-order valence-electron chi connectivity index (χ1n) is 5.56. The van der Waals surface area contributed by atoms with Crippen LogP contribution < -0.4 is 10.5 Å². The molecule has 0 saturated heterocycles. The second kappa shape index (κ2) is 5.30. The topological polar surface area (TPSA) is 35.2 Å². The first-order chi connectivity index (χ1) is 7.52. The van der Waals surface area contributed by atoms with Crippen molar-refractivity contribution in [3.63, 3.8) is 0 Å². The van der Waals surface area contributed by atoms with E-state index in [1.807, 2.05) is 6.92 Å². The molecule has 1 aromatic carbocycles. The van der Waals surface area contributed by atoms with Crippen LogP contribution in [0.3, 0.4) is 0 Å². The van der Waals surface area contributed by atoms with Crippen molar-refractivity contribution in [2.75, 3.05) is 13.7 Å². The molecule has 2 nitrogen and oxygen atoms in total. The van der Waals surface area contributed by atoms with Crippen LogP contribution >= 0.6 is 0 Å². The molecule has 0 fully saturated rings.